The number of hydrogen-bond donors (Lipinski definition) is 0. The van der Waals surface area contributed by atoms with Gasteiger partial charge in [0.25, 0.3) is 0 Å². The summed E-state index contributed by atoms with van der Waals surface area (Å²) < 4.78 is 5.36. The number of benzene rings is 9. The largest absolute Gasteiger partial charge is 0.310 e. The maximum Gasteiger partial charge on any atom is 0.0540 e. The van der Waals surface area contributed by atoms with E-state index in [0.29, 0.717) is 0 Å². The average Bonchev–Trinajstić information content (AvgIpc) is 3.83. The second kappa shape index (κ2) is 13.1. The van der Waals surface area contributed by atoms with E-state index in [9.17, 15) is 0 Å². The molecule has 11 rings (SSSR count). The molecule has 0 unspecified atom stereocenters. The first kappa shape index (κ1) is 32.0. The molecule has 0 saturated carbocycles. The standard InChI is InChI=1S/C52H33NS2/c1-3-13-34(14-4-1)35-25-27-38(28-26-35)53(46-31-29-40(36-15-5-2-6-16-36)42-19-7-8-20-43(42)46)39-18-11-17-37(33-39)41-22-12-24-48-50(41)51-49(54-48)32-30-45-44-21-9-10-23-47(44)55-52(45)51/h1-33H. The average molecular weight is 736 g/mol. The van der Waals surface area contributed by atoms with Gasteiger partial charge in [-0.3, -0.25) is 0 Å². The Bertz CT molecular complexity index is 3190. The molecule has 2 aromatic heterocycles. The smallest absolute Gasteiger partial charge is 0.0540 e. The van der Waals surface area contributed by atoms with Gasteiger partial charge in [-0.2, -0.15) is 0 Å². The summed E-state index contributed by atoms with van der Waals surface area (Å²) in [5.41, 5.74) is 10.7. The van der Waals surface area contributed by atoms with Gasteiger partial charge in [0.2, 0.25) is 0 Å². The molecule has 0 aliphatic rings. The van der Waals surface area contributed by atoms with Crippen LogP contribution in [0.5, 0.6) is 0 Å². The van der Waals surface area contributed by atoms with Crippen molar-refractivity contribution in [1.82, 2.24) is 0 Å². The van der Waals surface area contributed by atoms with Crippen LogP contribution in [-0.4, -0.2) is 0 Å². The second-order valence-electron chi connectivity index (χ2n) is 14.0. The van der Waals surface area contributed by atoms with Gasteiger partial charge in [-0.15, -0.1) is 22.7 Å². The van der Waals surface area contributed by atoms with E-state index in [2.05, 4.69) is 205 Å². The van der Waals surface area contributed by atoms with Crippen LogP contribution >= 0.6 is 22.7 Å². The van der Waals surface area contributed by atoms with Crippen molar-refractivity contribution in [2.24, 2.45) is 0 Å². The van der Waals surface area contributed by atoms with Crippen molar-refractivity contribution in [2.75, 3.05) is 4.90 Å². The van der Waals surface area contributed by atoms with Gasteiger partial charge in [-0.25, -0.2) is 0 Å². The Morgan fingerprint density at radius 3 is 1.76 bits per heavy atom. The molecule has 2 heterocycles. The van der Waals surface area contributed by atoms with E-state index in [1.165, 1.54) is 84.5 Å². The summed E-state index contributed by atoms with van der Waals surface area (Å²) in [5.74, 6) is 0. The molecule has 1 nitrogen and oxygen atoms in total. The Morgan fingerprint density at radius 2 is 0.945 bits per heavy atom. The summed E-state index contributed by atoms with van der Waals surface area (Å²) >= 11 is 3.81. The number of nitrogens with zero attached hydrogens (tertiary/aromatic N) is 1. The summed E-state index contributed by atoms with van der Waals surface area (Å²) in [4.78, 5) is 2.44. The normalized spacial score (nSPS) is 11.6. The minimum Gasteiger partial charge on any atom is -0.310 e. The van der Waals surface area contributed by atoms with Crippen molar-refractivity contribution in [2.45, 2.75) is 0 Å². The molecule has 0 fully saturated rings. The Kier molecular flexibility index (Phi) is 7.61. The first-order chi connectivity index (χ1) is 27.3. The van der Waals surface area contributed by atoms with Crippen molar-refractivity contribution in [1.29, 1.82) is 0 Å². The lowest BCUT2D eigenvalue weighted by Gasteiger charge is -2.28. The highest BCUT2D eigenvalue weighted by molar-refractivity contribution is 7.29. The molecule has 55 heavy (non-hydrogen) atoms. The fourth-order valence-corrected chi connectivity index (χ4v) is 10.8. The van der Waals surface area contributed by atoms with Gasteiger partial charge in [-0.05, 0) is 87.3 Å². The first-order valence-electron chi connectivity index (χ1n) is 18.7. The Hall–Kier alpha value is -6.52. The second-order valence-corrected chi connectivity index (χ2v) is 16.2. The molecule has 0 radical (unpaired) electrons. The van der Waals surface area contributed by atoms with Crippen LogP contribution in [0, 0.1) is 0 Å². The van der Waals surface area contributed by atoms with E-state index in [1.54, 1.807) is 0 Å². The molecule has 3 heteroatoms. The third-order valence-electron chi connectivity index (χ3n) is 10.9. The van der Waals surface area contributed by atoms with Gasteiger partial charge in [0.15, 0.2) is 0 Å². The van der Waals surface area contributed by atoms with Gasteiger partial charge in [0.1, 0.15) is 0 Å². The van der Waals surface area contributed by atoms with Crippen molar-refractivity contribution >= 4 is 90.9 Å². The van der Waals surface area contributed by atoms with Gasteiger partial charge >= 0.3 is 0 Å². The minimum absolute atomic E-state index is 1.11. The number of thiophene rings is 2. The fourth-order valence-electron chi connectivity index (χ4n) is 8.35. The number of fused-ring (bicyclic) bond motifs is 8. The summed E-state index contributed by atoms with van der Waals surface area (Å²) in [5, 5.41) is 7.83. The molecule has 0 atom stereocenters. The fraction of sp³-hybridized carbons (Fsp3) is 0. The molecule has 0 N–H and O–H groups in total. The lowest BCUT2D eigenvalue weighted by atomic mass is 9.95. The van der Waals surface area contributed by atoms with Crippen molar-refractivity contribution in [3.63, 3.8) is 0 Å². The van der Waals surface area contributed by atoms with Crippen LogP contribution in [-0.2, 0) is 0 Å². The minimum atomic E-state index is 1.11. The van der Waals surface area contributed by atoms with E-state index >= 15 is 0 Å². The van der Waals surface area contributed by atoms with Crippen molar-refractivity contribution in [3.05, 3.63) is 200 Å². The summed E-state index contributed by atoms with van der Waals surface area (Å²) in [6.45, 7) is 0. The quantitative estimate of drug-likeness (QED) is 0.164. The van der Waals surface area contributed by atoms with E-state index in [4.69, 9.17) is 0 Å². The maximum atomic E-state index is 2.44. The Labute approximate surface area is 327 Å². The highest BCUT2D eigenvalue weighted by atomic mass is 32.1. The molecule has 258 valence electrons. The van der Waals surface area contributed by atoms with Gasteiger partial charge in [0, 0.05) is 57.1 Å². The molecule has 0 saturated heterocycles. The zero-order valence-electron chi connectivity index (χ0n) is 29.8. The zero-order chi connectivity index (χ0) is 36.3. The van der Waals surface area contributed by atoms with Crippen molar-refractivity contribution in [3.8, 4) is 33.4 Å². The van der Waals surface area contributed by atoms with Crippen LogP contribution in [0.15, 0.2) is 200 Å². The van der Waals surface area contributed by atoms with Crippen LogP contribution in [0.1, 0.15) is 0 Å². The molecule has 11 aromatic rings. The lowest BCUT2D eigenvalue weighted by molar-refractivity contribution is 1.30. The zero-order valence-corrected chi connectivity index (χ0v) is 31.4. The third-order valence-corrected chi connectivity index (χ3v) is 13.2. The molecular weight excluding hydrogens is 703 g/mol. The van der Waals surface area contributed by atoms with Crippen LogP contribution < -0.4 is 4.90 Å². The van der Waals surface area contributed by atoms with Gasteiger partial charge in [-0.1, -0.05) is 152 Å². The highest BCUT2D eigenvalue weighted by Crippen LogP contribution is 2.48. The SMILES string of the molecule is c1ccc(-c2ccc(N(c3cccc(-c4cccc5sc6ccc7c8ccccc8sc7c6c45)c3)c3ccc(-c4ccccc4)c4ccccc34)cc2)cc1. The monoisotopic (exact) mass is 735 g/mol. The summed E-state index contributed by atoms with van der Waals surface area (Å²) in [6.07, 6.45) is 0. The maximum absolute atomic E-state index is 2.44. The molecule has 9 aromatic carbocycles. The van der Waals surface area contributed by atoms with Crippen LogP contribution in [0.3, 0.4) is 0 Å². The third kappa shape index (κ3) is 5.35. The molecular formula is C52H33NS2. The molecule has 0 amide bonds. The molecule has 0 bridgehead atoms. The van der Waals surface area contributed by atoms with Crippen LogP contribution in [0.2, 0.25) is 0 Å². The van der Waals surface area contributed by atoms with Crippen molar-refractivity contribution < 1.29 is 0 Å². The predicted octanol–water partition coefficient (Wildman–Crippen LogP) is 16.0. The first-order valence-corrected chi connectivity index (χ1v) is 20.3. The molecule has 0 aliphatic carbocycles. The molecule has 0 spiro atoms. The van der Waals surface area contributed by atoms with Crippen LogP contribution in [0.4, 0.5) is 17.1 Å². The topological polar surface area (TPSA) is 3.24 Å². The van der Waals surface area contributed by atoms with Gasteiger partial charge in [0.05, 0.1) is 5.69 Å². The van der Waals surface area contributed by atoms with E-state index < -0.39 is 0 Å². The summed E-state index contributed by atoms with van der Waals surface area (Å²) in [6, 6.07) is 73.2. The number of rotatable bonds is 6. The number of hydrogen-bond acceptors (Lipinski definition) is 3. The number of anilines is 3. The van der Waals surface area contributed by atoms with E-state index in [0.717, 1.165) is 17.1 Å². The van der Waals surface area contributed by atoms with Gasteiger partial charge < -0.3 is 4.90 Å². The van der Waals surface area contributed by atoms with E-state index in [-0.39, 0.29) is 0 Å². The van der Waals surface area contributed by atoms with Crippen LogP contribution in [0.25, 0.3) is 84.5 Å². The Balaban J connectivity index is 1.13. The summed E-state index contributed by atoms with van der Waals surface area (Å²) in [7, 11) is 0. The molecule has 0 aliphatic heterocycles. The highest BCUT2D eigenvalue weighted by Gasteiger charge is 2.20. The lowest BCUT2D eigenvalue weighted by Crippen LogP contribution is -2.10. The Morgan fingerprint density at radius 1 is 0.309 bits per heavy atom. The predicted molar refractivity (Wildman–Crippen MR) is 241 cm³/mol. The van der Waals surface area contributed by atoms with E-state index in [1.807, 2.05) is 22.7 Å².